The largest absolute Gasteiger partial charge is 0.465 e. The Kier molecular flexibility index (Phi) is 8.34. The van der Waals surface area contributed by atoms with Gasteiger partial charge in [-0.3, -0.25) is 9.44 Å². The molecule has 0 bridgehead atoms. The predicted molar refractivity (Wildman–Crippen MR) is 152 cm³/mol. The molecule has 0 saturated carbocycles. The summed E-state index contributed by atoms with van der Waals surface area (Å²) in [5, 5.41) is 0. The highest BCUT2D eigenvalue weighted by atomic mass is 32.2. The number of aryl methyl sites for hydroxylation is 2. The maximum absolute atomic E-state index is 12.9. The first-order valence-corrected chi connectivity index (χ1v) is 15.4. The monoisotopic (exact) mass is 582 g/mol. The number of benzene rings is 4. The molecule has 2 N–H and O–H groups in total. The predicted octanol–water partition coefficient (Wildman–Crippen LogP) is 5.84. The molecule has 4 rings (SSSR count). The van der Waals surface area contributed by atoms with Crippen LogP contribution in [-0.2, 0) is 24.8 Å². The molecule has 0 spiro atoms. The van der Waals surface area contributed by atoms with Crippen molar-refractivity contribution in [2.45, 2.75) is 33.4 Å². The Morgan fingerprint density at radius 1 is 0.667 bits per heavy atom. The highest BCUT2D eigenvalue weighted by molar-refractivity contribution is 7.99. The van der Waals surface area contributed by atoms with Crippen LogP contribution in [0, 0.1) is 13.8 Å². The van der Waals surface area contributed by atoms with Gasteiger partial charge in [0.05, 0.1) is 28.2 Å². The number of sulfonamides is 2. The second-order valence-electron chi connectivity index (χ2n) is 8.66. The average Bonchev–Trinajstić information content (AvgIpc) is 2.90. The number of esters is 1. The fraction of sp³-hybridized carbons (Fsp3) is 0.107. The van der Waals surface area contributed by atoms with Crippen molar-refractivity contribution in [3.05, 3.63) is 108 Å². The van der Waals surface area contributed by atoms with Gasteiger partial charge in [-0.25, -0.2) is 21.6 Å². The number of carbonyl (C=O) groups is 1. The van der Waals surface area contributed by atoms with Crippen LogP contribution in [0.15, 0.2) is 111 Å². The summed E-state index contributed by atoms with van der Waals surface area (Å²) in [6.07, 6.45) is 0. The number of hydrogen-bond acceptors (Lipinski definition) is 7. The van der Waals surface area contributed by atoms with Gasteiger partial charge >= 0.3 is 5.97 Å². The smallest absolute Gasteiger partial charge is 0.340 e. The van der Waals surface area contributed by atoms with Crippen molar-refractivity contribution in [1.29, 1.82) is 0 Å². The van der Waals surface area contributed by atoms with E-state index in [0.717, 1.165) is 16.0 Å². The molecule has 0 aliphatic carbocycles. The van der Waals surface area contributed by atoms with E-state index in [0.29, 0.717) is 10.6 Å². The standard InChI is InChI=1S/C28H26N2O6S3/c1-19-4-13-24(14-5-19)38(32,33)29-21-8-10-22(11-9-21)37-23-12-17-27(26(18-23)28(31)36-3)30-39(34,35)25-15-6-20(2)7-16-25/h4-18,29-30H,1-3H3. The van der Waals surface area contributed by atoms with Crippen LogP contribution >= 0.6 is 11.8 Å². The van der Waals surface area contributed by atoms with Gasteiger partial charge in [0.15, 0.2) is 0 Å². The van der Waals surface area contributed by atoms with Crippen molar-refractivity contribution in [3.63, 3.8) is 0 Å². The molecule has 0 aliphatic rings. The number of hydrogen-bond donors (Lipinski definition) is 2. The molecule has 11 heteroatoms. The van der Waals surface area contributed by atoms with Gasteiger partial charge in [-0.2, -0.15) is 0 Å². The molecule has 0 unspecified atom stereocenters. The zero-order valence-corrected chi connectivity index (χ0v) is 23.8. The van der Waals surface area contributed by atoms with Gasteiger partial charge in [0.2, 0.25) is 0 Å². The highest BCUT2D eigenvalue weighted by Crippen LogP contribution is 2.33. The Bertz CT molecular complexity index is 1700. The van der Waals surface area contributed by atoms with Crippen LogP contribution in [0.4, 0.5) is 11.4 Å². The van der Waals surface area contributed by atoms with Crippen LogP contribution in [0.5, 0.6) is 0 Å². The highest BCUT2D eigenvalue weighted by Gasteiger charge is 2.20. The summed E-state index contributed by atoms with van der Waals surface area (Å²) in [4.78, 5) is 14.2. The molecule has 0 aromatic heterocycles. The minimum Gasteiger partial charge on any atom is -0.465 e. The Morgan fingerprint density at radius 2 is 1.15 bits per heavy atom. The molecule has 4 aromatic rings. The van der Waals surface area contributed by atoms with E-state index in [1.54, 1.807) is 66.7 Å². The van der Waals surface area contributed by atoms with Crippen LogP contribution in [-0.4, -0.2) is 29.9 Å². The summed E-state index contributed by atoms with van der Waals surface area (Å²) >= 11 is 1.32. The van der Waals surface area contributed by atoms with Crippen LogP contribution in [0.3, 0.4) is 0 Å². The molecular formula is C28H26N2O6S3. The minimum atomic E-state index is -3.93. The van der Waals surface area contributed by atoms with Crippen molar-refractivity contribution < 1.29 is 26.4 Å². The number of carbonyl (C=O) groups excluding carboxylic acids is 1. The Labute approximate surface area is 232 Å². The normalized spacial score (nSPS) is 11.6. The summed E-state index contributed by atoms with van der Waals surface area (Å²) in [6.45, 7) is 3.73. The number of methoxy groups -OCH3 is 1. The van der Waals surface area contributed by atoms with E-state index >= 15 is 0 Å². The molecule has 0 saturated heterocycles. The lowest BCUT2D eigenvalue weighted by Gasteiger charge is -2.13. The molecule has 0 aliphatic heterocycles. The minimum absolute atomic E-state index is 0.0562. The number of rotatable bonds is 9. The van der Waals surface area contributed by atoms with E-state index in [2.05, 4.69) is 9.44 Å². The van der Waals surface area contributed by atoms with Gasteiger partial charge in [0.1, 0.15) is 0 Å². The van der Waals surface area contributed by atoms with E-state index in [1.165, 1.54) is 43.1 Å². The first-order chi connectivity index (χ1) is 18.5. The molecule has 39 heavy (non-hydrogen) atoms. The molecule has 202 valence electrons. The van der Waals surface area contributed by atoms with E-state index in [9.17, 15) is 21.6 Å². The second-order valence-corrected chi connectivity index (χ2v) is 13.2. The van der Waals surface area contributed by atoms with Crippen LogP contribution in [0.1, 0.15) is 21.5 Å². The number of ether oxygens (including phenoxy) is 1. The summed E-state index contributed by atoms with van der Waals surface area (Å²) in [7, 11) is -6.44. The van der Waals surface area contributed by atoms with E-state index in [1.807, 2.05) is 13.8 Å². The Balaban J connectivity index is 1.52. The maximum atomic E-state index is 12.9. The summed E-state index contributed by atoms with van der Waals surface area (Å²) in [5.74, 6) is -0.695. The van der Waals surface area contributed by atoms with E-state index in [4.69, 9.17) is 4.74 Å². The molecule has 4 aromatic carbocycles. The molecule has 0 fully saturated rings. The van der Waals surface area contributed by atoms with Crippen molar-refractivity contribution in [1.82, 2.24) is 0 Å². The third-order valence-electron chi connectivity index (χ3n) is 5.65. The van der Waals surface area contributed by atoms with Gasteiger partial charge in [-0.05, 0) is 80.6 Å². The van der Waals surface area contributed by atoms with Gasteiger partial charge in [0.25, 0.3) is 20.0 Å². The van der Waals surface area contributed by atoms with Crippen molar-refractivity contribution >= 4 is 49.2 Å². The van der Waals surface area contributed by atoms with Gasteiger partial charge < -0.3 is 4.74 Å². The van der Waals surface area contributed by atoms with E-state index in [-0.39, 0.29) is 21.0 Å². The third-order valence-corrected chi connectivity index (χ3v) is 9.42. The maximum Gasteiger partial charge on any atom is 0.340 e. The third kappa shape index (κ3) is 6.99. The van der Waals surface area contributed by atoms with Gasteiger partial charge in [-0.1, -0.05) is 47.2 Å². The van der Waals surface area contributed by atoms with Gasteiger partial charge in [-0.15, -0.1) is 0 Å². The first kappa shape index (κ1) is 28.2. The number of nitrogens with one attached hydrogen (secondary N) is 2. The lowest BCUT2D eigenvalue weighted by Crippen LogP contribution is -2.16. The molecule has 8 nitrogen and oxygen atoms in total. The van der Waals surface area contributed by atoms with E-state index < -0.39 is 26.0 Å². The topological polar surface area (TPSA) is 119 Å². The fourth-order valence-electron chi connectivity index (χ4n) is 3.53. The molecule has 0 amide bonds. The molecular weight excluding hydrogens is 557 g/mol. The summed E-state index contributed by atoms with van der Waals surface area (Å²) in [5.41, 5.74) is 2.43. The molecule has 0 radical (unpaired) electrons. The Hall–Kier alpha value is -3.80. The Morgan fingerprint density at radius 3 is 1.67 bits per heavy atom. The van der Waals surface area contributed by atoms with Crippen molar-refractivity contribution in [2.24, 2.45) is 0 Å². The second kappa shape index (κ2) is 11.5. The SMILES string of the molecule is COC(=O)c1cc(Sc2ccc(NS(=O)(=O)c3ccc(C)cc3)cc2)ccc1NS(=O)(=O)c1ccc(C)cc1. The van der Waals surface area contributed by atoms with Crippen molar-refractivity contribution in [3.8, 4) is 0 Å². The zero-order valence-electron chi connectivity index (χ0n) is 21.3. The quantitative estimate of drug-likeness (QED) is 0.238. The molecule has 0 heterocycles. The van der Waals surface area contributed by atoms with Crippen LogP contribution in [0.2, 0.25) is 0 Å². The zero-order chi connectivity index (χ0) is 28.2. The van der Waals surface area contributed by atoms with Crippen LogP contribution < -0.4 is 9.44 Å². The van der Waals surface area contributed by atoms with Crippen LogP contribution in [0.25, 0.3) is 0 Å². The lowest BCUT2D eigenvalue weighted by atomic mass is 10.2. The van der Waals surface area contributed by atoms with Gasteiger partial charge in [0, 0.05) is 15.5 Å². The fourth-order valence-corrected chi connectivity index (χ4v) is 6.53. The summed E-state index contributed by atoms with van der Waals surface area (Å²) < 4.78 is 60.9. The lowest BCUT2D eigenvalue weighted by molar-refractivity contribution is 0.0601. The number of anilines is 2. The average molecular weight is 583 g/mol. The van der Waals surface area contributed by atoms with Crippen molar-refractivity contribution in [2.75, 3.05) is 16.6 Å². The first-order valence-electron chi connectivity index (χ1n) is 11.7. The molecule has 0 atom stereocenters. The summed E-state index contributed by atoms with van der Waals surface area (Å²) in [6, 6.07) is 24.4.